The Balaban J connectivity index is 3.50. The summed E-state index contributed by atoms with van der Waals surface area (Å²) in [5.41, 5.74) is 8.11. The minimum atomic E-state index is -0.0979. The van der Waals surface area contributed by atoms with Gasteiger partial charge in [0.05, 0.1) is 39.6 Å². The van der Waals surface area contributed by atoms with Crippen molar-refractivity contribution in [2.45, 2.75) is 52.9 Å². The predicted octanol–water partition coefficient (Wildman–Crippen LogP) is 2.39. The van der Waals surface area contributed by atoms with Gasteiger partial charge in [0.15, 0.2) is 0 Å². The molecule has 2 N–H and O–H groups in total. The van der Waals surface area contributed by atoms with Crippen molar-refractivity contribution in [1.82, 2.24) is 10.6 Å². The first-order valence-corrected chi connectivity index (χ1v) is 11.7. The monoisotopic (exact) mass is 471 g/mol. The van der Waals surface area contributed by atoms with E-state index in [0.29, 0.717) is 72.1 Å². The number of unbranched alkanes of at least 4 members (excludes halogenated alkanes) is 1. The highest BCUT2D eigenvalue weighted by molar-refractivity contribution is 5.80. The van der Waals surface area contributed by atoms with Gasteiger partial charge in [-0.1, -0.05) is 25.4 Å². The standard InChI is InChI=1S/C22H41N5O6/c1-18(20(3)28)7-8-21(29)24-9-5-4-6-19(2)22(30)25-10-12-31-14-16-33-17-15-32-13-11-26-27-23/h18-19H,4-17H2,1-3H3,(H,24,29)(H,25,30)/t18-,19?/m0/s1. The van der Waals surface area contributed by atoms with Crippen molar-refractivity contribution in [3.63, 3.8) is 0 Å². The van der Waals surface area contributed by atoms with Crippen molar-refractivity contribution in [1.29, 1.82) is 0 Å². The summed E-state index contributed by atoms with van der Waals surface area (Å²) in [7, 11) is 0. The summed E-state index contributed by atoms with van der Waals surface area (Å²) >= 11 is 0. The Hall–Kier alpha value is -2.20. The van der Waals surface area contributed by atoms with Gasteiger partial charge in [0.2, 0.25) is 11.8 Å². The summed E-state index contributed by atoms with van der Waals surface area (Å²) in [5, 5.41) is 9.07. The summed E-state index contributed by atoms with van der Waals surface area (Å²) < 4.78 is 15.9. The van der Waals surface area contributed by atoms with Crippen molar-refractivity contribution >= 4 is 17.6 Å². The number of nitrogens with one attached hydrogen (secondary N) is 2. The topological polar surface area (TPSA) is 152 Å². The van der Waals surface area contributed by atoms with Gasteiger partial charge in [-0.05, 0) is 31.7 Å². The van der Waals surface area contributed by atoms with Crippen LogP contribution in [-0.4, -0.2) is 76.9 Å². The highest BCUT2D eigenvalue weighted by atomic mass is 16.5. The molecule has 0 bridgehead atoms. The van der Waals surface area contributed by atoms with Crippen LogP contribution in [0.5, 0.6) is 0 Å². The van der Waals surface area contributed by atoms with Gasteiger partial charge in [-0.2, -0.15) is 0 Å². The lowest BCUT2D eigenvalue weighted by atomic mass is 10.0. The van der Waals surface area contributed by atoms with Crippen molar-refractivity contribution < 1.29 is 28.6 Å². The Kier molecular flexibility index (Phi) is 20.2. The second-order valence-corrected chi connectivity index (χ2v) is 7.88. The third kappa shape index (κ3) is 20.2. The van der Waals surface area contributed by atoms with E-state index in [9.17, 15) is 14.4 Å². The van der Waals surface area contributed by atoms with Gasteiger partial charge in [0, 0.05) is 42.8 Å². The zero-order valence-corrected chi connectivity index (χ0v) is 20.3. The maximum absolute atomic E-state index is 12.1. The van der Waals surface area contributed by atoms with Crippen LogP contribution in [0.4, 0.5) is 0 Å². The van der Waals surface area contributed by atoms with Crippen LogP contribution >= 0.6 is 0 Å². The second-order valence-electron chi connectivity index (χ2n) is 7.88. The fraction of sp³-hybridized carbons (Fsp3) is 0.864. The molecule has 33 heavy (non-hydrogen) atoms. The van der Waals surface area contributed by atoms with E-state index < -0.39 is 0 Å². The molecule has 1 unspecified atom stereocenters. The molecule has 11 nitrogen and oxygen atoms in total. The molecule has 0 spiro atoms. The highest BCUT2D eigenvalue weighted by Gasteiger charge is 2.12. The van der Waals surface area contributed by atoms with Gasteiger partial charge in [-0.3, -0.25) is 14.4 Å². The molecule has 190 valence electrons. The fourth-order valence-electron chi connectivity index (χ4n) is 2.69. The average molecular weight is 472 g/mol. The minimum absolute atomic E-state index is 0.00464. The molecule has 0 aliphatic carbocycles. The van der Waals surface area contributed by atoms with E-state index in [4.69, 9.17) is 19.7 Å². The lowest BCUT2D eigenvalue weighted by Gasteiger charge is -2.13. The van der Waals surface area contributed by atoms with Crippen molar-refractivity contribution in [3.05, 3.63) is 10.4 Å². The third-order valence-electron chi connectivity index (χ3n) is 5.02. The van der Waals surface area contributed by atoms with Crippen LogP contribution < -0.4 is 10.6 Å². The smallest absolute Gasteiger partial charge is 0.222 e. The van der Waals surface area contributed by atoms with E-state index in [1.807, 2.05) is 13.8 Å². The number of carbonyl (C=O) groups is 3. The lowest BCUT2D eigenvalue weighted by molar-refractivity contribution is -0.125. The number of ether oxygens (including phenoxy) is 3. The Bertz CT molecular complexity index is 598. The SMILES string of the molecule is CC(=O)[C@@H](C)CCC(=O)NCCCCC(C)C(=O)NCCOCCOCCOCCN=[N+]=[N-]. The number of hydrogen-bond acceptors (Lipinski definition) is 7. The normalized spacial score (nSPS) is 12.5. The first kappa shape index (κ1) is 30.8. The Morgan fingerprint density at radius 3 is 2.12 bits per heavy atom. The molecule has 0 aliphatic rings. The summed E-state index contributed by atoms with van der Waals surface area (Å²) in [5.74, 6) is -0.111. The molecule has 0 aromatic carbocycles. The molecule has 0 saturated heterocycles. The molecule has 0 fully saturated rings. The van der Waals surface area contributed by atoms with E-state index in [-0.39, 0.29) is 29.4 Å². The molecule has 0 rings (SSSR count). The Morgan fingerprint density at radius 2 is 1.48 bits per heavy atom. The zero-order valence-electron chi connectivity index (χ0n) is 20.3. The molecule has 11 heteroatoms. The molecular weight excluding hydrogens is 430 g/mol. The molecule has 0 radical (unpaired) electrons. The molecule has 0 saturated carbocycles. The van der Waals surface area contributed by atoms with Gasteiger partial charge in [0.25, 0.3) is 0 Å². The number of Topliss-reactive ketones (excluding diaryl/α,β-unsaturated/α-hetero) is 1. The molecule has 0 heterocycles. The largest absolute Gasteiger partial charge is 0.379 e. The number of rotatable bonds is 22. The van der Waals surface area contributed by atoms with E-state index >= 15 is 0 Å². The lowest BCUT2D eigenvalue weighted by Crippen LogP contribution is -2.32. The van der Waals surface area contributed by atoms with Crippen LogP contribution in [0, 0.1) is 11.8 Å². The molecule has 0 aromatic heterocycles. The number of azide groups is 1. The molecule has 2 amide bonds. The highest BCUT2D eigenvalue weighted by Crippen LogP contribution is 2.08. The number of amides is 2. The van der Waals surface area contributed by atoms with E-state index in [2.05, 4.69) is 20.7 Å². The van der Waals surface area contributed by atoms with E-state index in [1.54, 1.807) is 6.92 Å². The van der Waals surface area contributed by atoms with Crippen molar-refractivity contribution in [2.75, 3.05) is 59.3 Å². The van der Waals surface area contributed by atoms with Crippen LogP contribution in [0.25, 0.3) is 10.4 Å². The maximum Gasteiger partial charge on any atom is 0.222 e. The number of ketones is 1. The van der Waals surface area contributed by atoms with E-state index in [0.717, 1.165) is 19.3 Å². The zero-order chi connectivity index (χ0) is 24.7. The minimum Gasteiger partial charge on any atom is -0.379 e. The van der Waals surface area contributed by atoms with Crippen LogP contribution in [-0.2, 0) is 28.6 Å². The first-order chi connectivity index (χ1) is 15.9. The third-order valence-corrected chi connectivity index (χ3v) is 5.02. The number of carbonyl (C=O) groups excluding carboxylic acids is 3. The van der Waals surface area contributed by atoms with Gasteiger partial charge in [-0.15, -0.1) is 0 Å². The predicted molar refractivity (Wildman–Crippen MR) is 125 cm³/mol. The quantitative estimate of drug-likeness (QED) is 0.107. The van der Waals surface area contributed by atoms with Gasteiger partial charge < -0.3 is 24.8 Å². The van der Waals surface area contributed by atoms with Crippen LogP contribution in [0.3, 0.4) is 0 Å². The van der Waals surface area contributed by atoms with Crippen molar-refractivity contribution in [3.8, 4) is 0 Å². The Morgan fingerprint density at radius 1 is 0.848 bits per heavy atom. The average Bonchev–Trinajstić information content (AvgIpc) is 2.79. The van der Waals surface area contributed by atoms with Gasteiger partial charge in [-0.25, -0.2) is 0 Å². The number of hydrogen-bond donors (Lipinski definition) is 2. The van der Waals surface area contributed by atoms with Crippen LogP contribution in [0.1, 0.15) is 52.9 Å². The summed E-state index contributed by atoms with van der Waals surface area (Å²) in [4.78, 5) is 37.6. The molecule has 0 aliphatic heterocycles. The van der Waals surface area contributed by atoms with E-state index in [1.165, 1.54) is 0 Å². The van der Waals surface area contributed by atoms with Crippen LogP contribution in [0.2, 0.25) is 0 Å². The maximum atomic E-state index is 12.1. The van der Waals surface area contributed by atoms with Crippen LogP contribution in [0.15, 0.2) is 5.11 Å². The van der Waals surface area contributed by atoms with Gasteiger partial charge in [0.1, 0.15) is 5.78 Å². The number of nitrogens with zero attached hydrogens (tertiary/aromatic N) is 3. The first-order valence-electron chi connectivity index (χ1n) is 11.7. The Labute approximate surface area is 196 Å². The molecular formula is C22H41N5O6. The second kappa shape index (κ2) is 21.6. The molecule has 0 aromatic rings. The van der Waals surface area contributed by atoms with Gasteiger partial charge >= 0.3 is 0 Å². The summed E-state index contributed by atoms with van der Waals surface area (Å²) in [6.45, 7) is 9.14. The van der Waals surface area contributed by atoms with Crippen molar-refractivity contribution in [2.24, 2.45) is 17.0 Å². The molecule has 2 atom stereocenters. The fourth-order valence-corrected chi connectivity index (χ4v) is 2.69. The summed E-state index contributed by atoms with van der Waals surface area (Å²) in [6.07, 6.45) is 3.35. The summed E-state index contributed by atoms with van der Waals surface area (Å²) in [6, 6.07) is 0.